The zero-order valence-corrected chi connectivity index (χ0v) is 15.7. The second kappa shape index (κ2) is 8.72. The number of nitrogens with one attached hydrogen (secondary N) is 1. The fraction of sp³-hybridized carbons (Fsp3) is 0.556. The summed E-state index contributed by atoms with van der Waals surface area (Å²) in [6, 6.07) is 4.94. The molecule has 1 aliphatic rings. The highest BCUT2D eigenvalue weighted by molar-refractivity contribution is 6.42. The Balaban J connectivity index is 1.87. The highest BCUT2D eigenvalue weighted by atomic mass is 35.5. The summed E-state index contributed by atoms with van der Waals surface area (Å²) in [7, 11) is 0. The predicted octanol–water partition coefficient (Wildman–Crippen LogP) is 4.15. The maximum absolute atomic E-state index is 12.4. The lowest BCUT2D eigenvalue weighted by Crippen LogP contribution is -2.48. The molecule has 2 amide bonds. The summed E-state index contributed by atoms with van der Waals surface area (Å²) in [5.41, 5.74) is 0.500. The lowest BCUT2D eigenvalue weighted by molar-refractivity contribution is -0.136. The molecule has 0 radical (unpaired) electrons. The van der Waals surface area contributed by atoms with Gasteiger partial charge in [0.05, 0.1) is 10.0 Å². The molecule has 1 aliphatic heterocycles. The molecule has 1 saturated heterocycles. The highest BCUT2D eigenvalue weighted by Crippen LogP contribution is 2.23. The molecular weight excluding hydrogens is 347 g/mol. The smallest absolute Gasteiger partial charge is 0.251 e. The lowest BCUT2D eigenvalue weighted by atomic mass is 9.98. The van der Waals surface area contributed by atoms with Crippen LogP contribution in [0.2, 0.25) is 10.0 Å². The summed E-state index contributed by atoms with van der Waals surface area (Å²) in [5, 5.41) is 3.82. The summed E-state index contributed by atoms with van der Waals surface area (Å²) in [5.74, 6) is 0.208. The summed E-state index contributed by atoms with van der Waals surface area (Å²) in [6.45, 7) is 5.50. The van der Waals surface area contributed by atoms with Crippen LogP contribution in [-0.4, -0.2) is 35.8 Å². The molecule has 4 nitrogen and oxygen atoms in total. The van der Waals surface area contributed by atoms with Crippen LogP contribution in [0.4, 0.5) is 0 Å². The first-order chi connectivity index (χ1) is 11.5. The van der Waals surface area contributed by atoms with Crippen molar-refractivity contribution in [2.24, 2.45) is 5.92 Å². The summed E-state index contributed by atoms with van der Waals surface area (Å²) >= 11 is 11.8. The molecule has 1 fully saturated rings. The molecule has 0 bridgehead atoms. The van der Waals surface area contributed by atoms with E-state index in [4.69, 9.17) is 23.2 Å². The number of rotatable bonds is 5. The van der Waals surface area contributed by atoms with Crippen LogP contribution in [0.3, 0.4) is 0 Å². The van der Waals surface area contributed by atoms with Crippen molar-refractivity contribution in [3.8, 4) is 0 Å². The van der Waals surface area contributed by atoms with E-state index in [1.807, 2.05) is 4.90 Å². The third-order valence-corrected chi connectivity index (χ3v) is 5.40. The first-order valence-electron chi connectivity index (χ1n) is 8.50. The Morgan fingerprint density at radius 1 is 1.17 bits per heavy atom. The monoisotopic (exact) mass is 370 g/mol. The van der Waals surface area contributed by atoms with Gasteiger partial charge in [-0.25, -0.2) is 0 Å². The van der Waals surface area contributed by atoms with Crippen LogP contribution in [0.1, 0.15) is 49.9 Å². The van der Waals surface area contributed by atoms with E-state index in [-0.39, 0.29) is 23.8 Å². The summed E-state index contributed by atoms with van der Waals surface area (Å²) in [6.07, 6.45) is 3.31. The molecule has 0 aliphatic carbocycles. The van der Waals surface area contributed by atoms with Crippen molar-refractivity contribution in [2.75, 3.05) is 13.1 Å². The predicted molar refractivity (Wildman–Crippen MR) is 97.6 cm³/mol. The van der Waals surface area contributed by atoms with E-state index in [1.54, 1.807) is 18.2 Å². The van der Waals surface area contributed by atoms with E-state index in [0.29, 0.717) is 28.7 Å². The lowest BCUT2D eigenvalue weighted by Gasteiger charge is -2.34. The number of benzene rings is 1. The molecule has 1 aromatic carbocycles. The fourth-order valence-corrected chi connectivity index (χ4v) is 3.34. The van der Waals surface area contributed by atoms with E-state index in [2.05, 4.69) is 19.2 Å². The molecule has 0 saturated carbocycles. The summed E-state index contributed by atoms with van der Waals surface area (Å²) < 4.78 is 0. The van der Waals surface area contributed by atoms with Crippen molar-refractivity contribution < 1.29 is 9.59 Å². The topological polar surface area (TPSA) is 49.4 Å². The third kappa shape index (κ3) is 4.64. The van der Waals surface area contributed by atoms with Gasteiger partial charge in [0, 0.05) is 30.6 Å². The van der Waals surface area contributed by atoms with E-state index < -0.39 is 0 Å². The quantitative estimate of drug-likeness (QED) is 0.845. The van der Waals surface area contributed by atoms with Gasteiger partial charge in [-0.05, 0) is 43.9 Å². The van der Waals surface area contributed by atoms with E-state index in [0.717, 1.165) is 25.7 Å². The molecule has 24 heavy (non-hydrogen) atoms. The molecule has 0 atom stereocenters. The van der Waals surface area contributed by atoms with Crippen LogP contribution in [0.15, 0.2) is 18.2 Å². The Morgan fingerprint density at radius 3 is 2.33 bits per heavy atom. The van der Waals surface area contributed by atoms with Gasteiger partial charge in [0.2, 0.25) is 5.91 Å². The zero-order chi connectivity index (χ0) is 17.7. The average molecular weight is 371 g/mol. The number of hydrogen-bond donors (Lipinski definition) is 1. The largest absolute Gasteiger partial charge is 0.349 e. The second-order valence-electron chi connectivity index (χ2n) is 6.22. The molecule has 1 aromatic rings. The molecule has 1 N–H and O–H groups in total. The highest BCUT2D eigenvalue weighted by Gasteiger charge is 2.27. The van der Waals surface area contributed by atoms with E-state index >= 15 is 0 Å². The minimum absolute atomic E-state index is 0.0812. The van der Waals surface area contributed by atoms with Gasteiger partial charge in [-0.15, -0.1) is 0 Å². The number of halogens is 2. The van der Waals surface area contributed by atoms with Gasteiger partial charge in [-0.3, -0.25) is 9.59 Å². The maximum atomic E-state index is 12.4. The maximum Gasteiger partial charge on any atom is 0.251 e. The van der Waals surface area contributed by atoms with Gasteiger partial charge in [-0.2, -0.15) is 0 Å². The number of nitrogens with zero attached hydrogens (tertiary/aromatic N) is 1. The average Bonchev–Trinajstić information content (AvgIpc) is 2.59. The SMILES string of the molecule is CCC(CC)C(=O)N1CCC(NC(=O)c2ccc(Cl)c(Cl)c2)CC1. The van der Waals surface area contributed by atoms with Gasteiger partial charge in [0.15, 0.2) is 0 Å². The molecular formula is C18H24Cl2N2O2. The molecule has 2 rings (SSSR count). The van der Waals surface area contributed by atoms with E-state index in [1.165, 1.54) is 0 Å². The molecule has 1 heterocycles. The Bertz CT molecular complexity index is 595. The Kier molecular flexibility index (Phi) is 6.93. The minimum atomic E-state index is -0.154. The number of likely N-dealkylation sites (tertiary alicyclic amines) is 1. The van der Waals surface area contributed by atoms with Gasteiger partial charge in [0.25, 0.3) is 5.91 Å². The van der Waals surface area contributed by atoms with Crippen LogP contribution < -0.4 is 5.32 Å². The van der Waals surface area contributed by atoms with Gasteiger partial charge in [-0.1, -0.05) is 37.0 Å². The first kappa shape index (κ1) is 19.1. The van der Waals surface area contributed by atoms with Crippen LogP contribution in [-0.2, 0) is 4.79 Å². The van der Waals surface area contributed by atoms with E-state index in [9.17, 15) is 9.59 Å². The van der Waals surface area contributed by atoms with Gasteiger partial charge < -0.3 is 10.2 Å². The number of hydrogen-bond acceptors (Lipinski definition) is 2. The van der Waals surface area contributed by atoms with Crippen LogP contribution in [0.5, 0.6) is 0 Å². The van der Waals surface area contributed by atoms with Gasteiger partial charge >= 0.3 is 0 Å². The van der Waals surface area contributed by atoms with Crippen molar-refractivity contribution in [3.05, 3.63) is 33.8 Å². The van der Waals surface area contributed by atoms with Crippen LogP contribution >= 0.6 is 23.2 Å². The Labute approximate surface area is 153 Å². The second-order valence-corrected chi connectivity index (χ2v) is 7.03. The summed E-state index contributed by atoms with van der Waals surface area (Å²) in [4.78, 5) is 26.6. The molecule has 132 valence electrons. The van der Waals surface area contributed by atoms with Crippen LogP contribution in [0, 0.1) is 5.92 Å². The molecule has 6 heteroatoms. The standard InChI is InChI=1S/C18H24Cl2N2O2/c1-3-12(4-2)18(24)22-9-7-14(8-10-22)21-17(23)13-5-6-15(19)16(20)11-13/h5-6,11-12,14H,3-4,7-10H2,1-2H3,(H,21,23). The van der Waals surface area contributed by atoms with Crippen LogP contribution in [0.25, 0.3) is 0 Å². The normalized spacial score (nSPS) is 15.6. The number of carbonyl (C=O) groups is 2. The van der Waals surface area contributed by atoms with Crippen molar-refractivity contribution in [1.82, 2.24) is 10.2 Å². The Hall–Kier alpha value is -1.26. The Morgan fingerprint density at radius 2 is 1.79 bits per heavy atom. The fourth-order valence-electron chi connectivity index (χ4n) is 3.05. The zero-order valence-electron chi connectivity index (χ0n) is 14.1. The first-order valence-corrected chi connectivity index (χ1v) is 9.26. The minimum Gasteiger partial charge on any atom is -0.349 e. The van der Waals surface area contributed by atoms with Crippen molar-refractivity contribution in [1.29, 1.82) is 0 Å². The van der Waals surface area contributed by atoms with Crippen molar-refractivity contribution >= 4 is 35.0 Å². The number of amides is 2. The van der Waals surface area contributed by atoms with Crippen molar-refractivity contribution in [2.45, 2.75) is 45.6 Å². The number of carbonyl (C=O) groups excluding carboxylic acids is 2. The number of piperidine rings is 1. The van der Waals surface area contributed by atoms with Crippen molar-refractivity contribution in [3.63, 3.8) is 0 Å². The molecule has 0 spiro atoms. The third-order valence-electron chi connectivity index (χ3n) is 4.66. The molecule has 0 unspecified atom stereocenters. The molecule has 0 aromatic heterocycles. The van der Waals surface area contributed by atoms with Gasteiger partial charge in [0.1, 0.15) is 0 Å².